The third kappa shape index (κ3) is 3.02. The van der Waals surface area contributed by atoms with Crippen molar-refractivity contribution in [1.82, 2.24) is 4.98 Å². The Morgan fingerprint density at radius 2 is 2.38 bits per heavy atom. The average Bonchev–Trinajstić information content (AvgIpc) is 2.01. The van der Waals surface area contributed by atoms with Crippen LogP contribution in [0.4, 0.5) is 0 Å². The van der Waals surface area contributed by atoms with Crippen LogP contribution in [0.3, 0.4) is 0 Å². The lowest BCUT2D eigenvalue weighted by atomic mass is 10.2. The summed E-state index contributed by atoms with van der Waals surface area (Å²) in [5.41, 5.74) is 0.659. The molecule has 13 heavy (non-hydrogen) atoms. The van der Waals surface area contributed by atoms with E-state index < -0.39 is 5.97 Å². The second-order valence-electron chi connectivity index (χ2n) is 2.41. The summed E-state index contributed by atoms with van der Waals surface area (Å²) < 4.78 is 5.46. The molecule has 0 atom stereocenters. The predicted molar refractivity (Wildman–Crippen MR) is 49.8 cm³/mol. The lowest BCUT2D eigenvalue weighted by molar-refractivity contribution is -0.136. The molecule has 0 aliphatic heterocycles. The van der Waals surface area contributed by atoms with Gasteiger partial charge < -0.3 is 9.84 Å². The lowest BCUT2D eigenvalue weighted by Crippen LogP contribution is -2.01. The lowest BCUT2D eigenvalue weighted by Gasteiger charge is -2.02. The normalized spacial score (nSPS) is 9.69. The molecule has 1 aromatic heterocycles. The van der Waals surface area contributed by atoms with Crippen molar-refractivity contribution in [3.05, 3.63) is 22.3 Å². The van der Waals surface area contributed by atoms with Crippen LogP contribution in [0.25, 0.3) is 0 Å². The van der Waals surface area contributed by atoms with Crippen LogP contribution in [0.2, 0.25) is 0 Å². The summed E-state index contributed by atoms with van der Waals surface area (Å²) in [6.45, 7) is 0. The Morgan fingerprint density at radius 3 is 2.92 bits per heavy atom. The quantitative estimate of drug-likeness (QED) is 0.820. The number of carboxylic acids is 1. The molecule has 0 fully saturated rings. The largest absolute Gasteiger partial charge is 0.481 e. The van der Waals surface area contributed by atoms with Crippen molar-refractivity contribution in [3.63, 3.8) is 0 Å². The summed E-state index contributed by atoms with van der Waals surface area (Å²) >= 11 is 3.16. The van der Waals surface area contributed by atoms with Crippen LogP contribution in [0.15, 0.2) is 16.7 Å². The van der Waals surface area contributed by atoms with E-state index >= 15 is 0 Å². The van der Waals surface area contributed by atoms with Crippen LogP contribution in [0.1, 0.15) is 5.56 Å². The van der Waals surface area contributed by atoms with Gasteiger partial charge in [-0.05, 0) is 27.6 Å². The van der Waals surface area contributed by atoms with E-state index in [1.165, 1.54) is 7.11 Å². The zero-order valence-corrected chi connectivity index (χ0v) is 8.54. The molecule has 4 nitrogen and oxygen atoms in total. The van der Waals surface area contributed by atoms with Crippen LogP contribution < -0.4 is 4.74 Å². The van der Waals surface area contributed by atoms with Crippen molar-refractivity contribution < 1.29 is 14.6 Å². The van der Waals surface area contributed by atoms with E-state index in [4.69, 9.17) is 9.84 Å². The summed E-state index contributed by atoms with van der Waals surface area (Å²) in [5, 5.41) is 8.54. The van der Waals surface area contributed by atoms with Gasteiger partial charge in [0.25, 0.3) is 0 Å². The van der Waals surface area contributed by atoms with Gasteiger partial charge in [0, 0.05) is 6.07 Å². The van der Waals surface area contributed by atoms with E-state index in [-0.39, 0.29) is 6.42 Å². The standard InChI is InChI=1S/C8H8BrNO3/c1-13-7-3-5(4-8(11)12)2-6(9)10-7/h2-3H,4H2,1H3,(H,11,12). The Kier molecular flexibility index (Phi) is 3.25. The molecule has 0 saturated carbocycles. The van der Waals surface area contributed by atoms with Crippen molar-refractivity contribution in [3.8, 4) is 5.88 Å². The highest BCUT2D eigenvalue weighted by Gasteiger charge is 2.04. The van der Waals surface area contributed by atoms with E-state index in [9.17, 15) is 4.79 Å². The fraction of sp³-hybridized carbons (Fsp3) is 0.250. The molecule has 1 N–H and O–H groups in total. The molecule has 1 aromatic rings. The number of rotatable bonds is 3. The van der Waals surface area contributed by atoms with Crippen LogP contribution in [0, 0.1) is 0 Å². The Balaban J connectivity index is 2.94. The molecule has 1 rings (SSSR count). The summed E-state index contributed by atoms with van der Waals surface area (Å²) in [4.78, 5) is 14.4. The average molecular weight is 246 g/mol. The molecule has 0 bridgehead atoms. The van der Waals surface area contributed by atoms with Gasteiger partial charge in [-0.3, -0.25) is 4.79 Å². The summed E-state index contributed by atoms with van der Waals surface area (Å²) in [5.74, 6) is -0.467. The van der Waals surface area contributed by atoms with Crippen LogP contribution in [-0.2, 0) is 11.2 Å². The van der Waals surface area contributed by atoms with Gasteiger partial charge in [0.1, 0.15) is 4.60 Å². The first kappa shape index (κ1) is 9.98. The minimum absolute atomic E-state index is 0.0303. The fourth-order valence-corrected chi connectivity index (χ4v) is 1.37. The number of hydrogen-bond donors (Lipinski definition) is 1. The maximum atomic E-state index is 10.4. The van der Waals surface area contributed by atoms with Crippen molar-refractivity contribution in [2.75, 3.05) is 7.11 Å². The van der Waals surface area contributed by atoms with Gasteiger partial charge in [-0.1, -0.05) is 0 Å². The SMILES string of the molecule is COc1cc(CC(=O)O)cc(Br)n1. The van der Waals surface area contributed by atoms with Gasteiger partial charge >= 0.3 is 5.97 Å². The molecule has 0 aliphatic carbocycles. The van der Waals surface area contributed by atoms with Crippen molar-refractivity contribution >= 4 is 21.9 Å². The number of aliphatic carboxylic acids is 1. The van der Waals surface area contributed by atoms with Gasteiger partial charge in [0.05, 0.1) is 13.5 Å². The monoisotopic (exact) mass is 245 g/mol. The molecule has 70 valence electrons. The molecular weight excluding hydrogens is 238 g/mol. The molecule has 0 unspecified atom stereocenters. The molecule has 0 saturated heterocycles. The summed E-state index contributed by atoms with van der Waals surface area (Å²) in [7, 11) is 1.49. The van der Waals surface area contributed by atoms with Crippen LogP contribution >= 0.6 is 15.9 Å². The molecule has 0 aromatic carbocycles. The van der Waals surface area contributed by atoms with Crippen molar-refractivity contribution in [1.29, 1.82) is 0 Å². The highest BCUT2D eigenvalue weighted by Crippen LogP contribution is 2.16. The maximum absolute atomic E-state index is 10.4. The van der Waals surface area contributed by atoms with Crippen LogP contribution in [0.5, 0.6) is 5.88 Å². The van der Waals surface area contributed by atoms with Gasteiger partial charge in [0.15, 0.2) is 0 Å². The van der Waals surface area contributed by atoms with Crippen molar-refractivity contribution in [2.45, 2.75) is 6.42 Å². The number of nitrogens with zero attached hydrogens (tertiary/aromatic N) is 1. The zero-order chi connectivity index (χ0) is 9.84. The van der Waals surface area contributed by atoms with Crippen molar-refractivity contribution in [2.24, 2.45) is 0 Å². The molecule has 0 spiro atoms. The Morgan fingerprint density at radius 1 is 1.69 bits per heavy atom. The number of hydrogen-bond acceptors (Lipinski definition) is 3. The van der Waals surface area contributed by atoms with E-state index in [2.05, 4.69) is 20.9 Å². The smallest absolute Gasteiger partial charge is 0.307 e. The minimum atomic E-state index is -0.875. The molecule has 0 amide bonds. The highest BCUT2D eigenvalue weighted by molar-refractivity contribution is 9.10. The van der Waals surface area contributed by atoms with E-state index in [1.54, 1.807) is 12.1 Å². The van der Waals surface area contributed by atoms with Crippen LogP contribution in [-0.4, -0.2) is 23.2 Å². The van der Waals surface area contributed by atoms with Gasteiger partial charge in [0.2, 0.25) is 5.88 Å². The summed E-state index contributed by atoms with van der Waals surface area (Å²) in [6.07, 6.45) is -0.0303. The molecular formula is C8H8BrNO3. The number of pyridine rings is 1. The number of carbonyl (C=O) groups is 1. The molecule has 0 radical (unpaired) electrons. The third-order valence-electron chi connectivity index (χ3n) is 1.39. The van der Waals surface area contributed by atoms with Gasteiger partial charge in [-0.15, -0.1) is 0 Å². The molecule has 1 heterocycles. The highest BCUT2D eigenvalue weighted by atomic mass is 79.9. The van der Waals surface area contributed by atoms with Gasteiger partial charge in [-0.25, -0.2) is 4.98 Å². The summed E-state index contributed by atoms with van der Waals surface area (Å²) in [6, 6.07) is 3.25. The Hall–Kier alpha value is -1.10. The third-order valence-corrected chi connectivity index (χ3v) is 1.80. The molecule has 0 aliphatic rings. The first-order valence-corrected chi connectivity index (χ1v) is 4.33. The number of methoxy groups -OCH3 is 1. The van der Waals surface area contributed by atoms with E-state index in [1.807, 2.05) is 0 Å². The first-order chi connectivity index (χ1) is 6.11. The van der Waals surface area contributed by atoms with E-state index in [0.29, 0.717) is 16.0 Å². The fourth-order valence-electron chi connectivity index (χ4n) is 0.904. The Labute approximate surface area is 83.7 Å². The minimum Gasteiger partial charge on any atom is -0.481 e. The number of aromatic nitrogens is 1. The maximum Gasteiger partial charge on any atom is 0.307 e. The second kappa shape index (κ2) is 4.23. The predicted octanol–water partition coefficient (Wildman–Crippen LogP) is 1.48. The number of ether oxygens (including phenoxy) is 1. The topological polar surface area (TPSA) is 59.4 Å². The van der Waals surface area contributed by atoms with Gasteiger partial charge in [-0.2, -0.15) is 0 Å². The number of halogens is 1. The Bertz CT molecular complexity index is 327. The first-order valence-electron chi connectivity index (χ1n) is 3.54. The van der Waals surface area contributed by atoms with E-state index in [0.717, 1.165) is 0 Å². The zero-order valence-electron chi connectivity index (χ0n) is 6.95. The second-order valence-corrected chi connectivity index (χ2v) is 3.22. The number of carboxylic acid groups (broad SMARTS) is 1. The molecule has 5 heteroatoms.